The molecule has 2 rings (SSSR count). The maximum absolute atomic E-state index is 10.8. The minimum Gasteiger partial charge on any atom is -0.545 e. The predicted octanol–water partition coefficient (Wildman–Crippen LogP) is 4.00. The average Bonchev–Trinajstić information content (AvgIpc) is 2.66. The molecule has 0 amide bonds. The Bertz CT molecular complexity index is 898. The van der Waals surface area contributed by atoms with Gasteiger partial charge < -0.3 is 30.0 Å². The second kappa shape index (κ2) is 12.6. The molecule has 0 aliphatic carbocycles. The van der Waals surface area contributed by atoms with E-state index < -0.39 is 11.9 Å². The Kier molecular flexibility index (Phi) is 11.7. The van der Waals surface area contributed by atoms with E-state index in [0.717, 1.165) is 11.1 Å². The van der Waals surface area contributed by atoms with Gasteiger partial charge in [0, 0.05) is 22.3 Å². The normalized spacial score (nSPS) is 10.8. The number of phenols is 2. The number of benzene rings is 2. The number of hydrogen-bond acceptors (Lipinski definition) is 6. The van der Waals surface area contributed by atoms with Crippen molar-refractivity contribution in [1.29, 1.82) is 0 Å². The third kappa shape index (κ3) is 7.23. The Morgan fingerprint density at radius 2 is 0.879 bits per heavy atom. The largest absolute Gasteiger partial charge is 2.00 e. The van der Waals surface area contributed by atoms with Gasteiger partial charge in [0.2, 0.25) is 0 Å². The predicted molar refractivity (Wildman–Crippen MR) is 121 cm³/mol. The van der Waals surface area contributed by atoms with Crippen molar-refractivity contribution in [3.05, 3.63) is 57.6 Å². The maximum Gasteiger partial charge on any atom is 2.00 e. The molecule has 0 fully saturated rings. The quantitative estimate of drug-likeness (QED) is 0.578. The molecule has 0 unspecified atom stereocenters. The number of aromatic hydroxyl groups is 2. The molecule has 0 bridgehead atoms. The molecule has 0 aromatic heterocycles. The van der Waals surface area contributed by atoms with Gasteiger partial charge in [-0.25, -0.2) is 0 Å². The van der Waals surface area contributed by atoms with Crippen LogP contribution in [0.2, 0.25) is 0 Å². The molecule has 0 spiro atoms. The van der Waals surface area contributed by atoms with Gasteiger partial charge in [0.15, 0.2) is 0 Å². The monoisotopic (exact) mass is 500 g/mol. The summed E-state index contributed by atoms with van der Waals surface area (Å²) < 4.78 is 0. The summed E-state index contributed by atoms with van der Waals surface area (Å²) >= 11 is 0. The van der Waals surface area contributed by atoms with Crippen LogP contribution in [0.1, 0.15) is 122 Å². The van der Waals surface area contributed by atoms with Crippen molar-refractivity contribution in [3.8, 4) is 11.5 Å². The van der Waals surface area contributed by atoms with Crippen LogP contribution in [0, 0.1) is 0 Å². The molecule has 0 radical (unpaired) electrons. The van der Waals surface area contributed by atoms with Crippen LogP contribution >= 0.6 is 0 Å². The number of carbonyl (C=O) groups is 2. The van der Waals surface area contributed by atoms with Crippen LogP contribution in [-0.2, 0) is 16.5 Å². The standard InChI is InChI=1S/2C13H18O3.Ni/c2*1-7(2)9-5-6-10(13(15)16)12(14)11(9)8(3)4;/h2*5-8,14H,1-4H3,(H,15,16);/q;;+2/p-2. The Balaban J connectivity index is 0.000000602. The van der Waals surface area contributed by atoms with E-state index in [-0.39, 0.29) is 62.8 Å². The van der Waals surface area contributed by atoms with Crippen LogP contribution in [0.5, 0.6) is 11.5 Å². The van der Waals surface area contributed by atoms with Gasteiger partial charge in [-0.3, -0.25) is 0 Å². The van der Waals surface area contributed by atoms with Gasteiger partial charge in [-0.15, -0.1) is 0 Å². The van der Waals surface area contributed by atoms with E-state index in [4.69, 9.17) is 0 Å². The molecular formula is C26H34NiO6. The van der Waals surface area contributed by atoms with Crippen molar-refractivity contribution < 1.29 is 46.5 Å². The van der Waals surface area contributed by atoms with Gasteiger partial charge in [0.25, 0.3) is 0 Å². The van der Waals surface area contributed by atoms with Crippen molar-refractivity contribution >= 4 is 11.9 Å². The summed E-state index contributed by atoms with van der Waals surface area (Å²) in [5.41, 5.74) is 3.12. The minimum absolute atomic E-state index is 0. The first kappa shape index (κ1) is 30.5. The van der Waals surface area contributed by atoms with Crippen LogP contribution in [0.3, 0.4) is 0 Å². The molecule has 0 saturated heterocycles. The number of rotatable bonds is 6. The van der Waals surface area contributed by atoms with Crippen molar-refractivity contribution in [2.45, 2.75) is 79.1 Å². The zero-order chi connectivity index (χ0) is 24.9. The van der Waals surface area contributed by atoms with Crippen LogP contribution < -0.4 is 10.2 Å². The Morgan fingerprint density at radius 3 is 1.06 bits per heavy atom. The van der Waals surface area contributed by atoms with E-state index in [1.165, 1.54) is 12.1 Å². The van der Waals surface area contributed by atoms with E-state index in [1.54, 1.807) is 12.1 Å². The summed E-state index contributed by atoms with van der Waals surface area (Å²) in [6, 6.07) is 6.33. The first-order chi connectivity index (χ1) is 14.7. The average molecular weight is 501 g/mol. The smallest absolute Gasteiger partial charge is 0.545 e. The molecule has 0 heterocycles. The second-order valence-corrected chi connectivity index (χ2v) is 9.12. The summed E-state index contributed by atoms with van der Waals surface area (Å²) in [6.07, 6.45) is 0. The SMILES string of the molecule is CC(C)c1ccc(C(=O)[O-])c(O)c1C(C)C.CC(C)c1ccc(C(=O)[O-])c(O)c1C(C)C.[Ni+2]. The third-order valence-electron chi connectivity index (χ3n) is 5.34. The fourth-order valence-corrected chi connectivity index (χ4v) is 3.80. The molecule has 6 nitrogen and oxygen atoms in total. The van der Waals surface area contributed by atoms with Gasteiger partial charge in [-0.1, -0.05) is 67.5 Å². The van der Waals surface area contributed by atoms with Crippen molar-refractivity contribution in [3.63, 3.8) is 0 Å². The Hall–Kier alpha value is -2.53. The van der Waals surface area contributed by atoms with Crippen LogP contribution in [0.25, 0.3) is 0 Å². The fraction of sp³-hybridized carbons (Fsp3) is 0.462. The second-order valence-electron chi connectivity index (χ2n) is 9.12. The molecule has 2 N–H and O–H groups in total. The van der Waals surface area contributed by atoms with Crippen molar-refractivity contribution in [2.75, 3.05) is 0 Å². The molecular weight excluding hydrogens is 467 g/mol. The molecule has 184 valence electrons. The van der Waals surface area contributed by atoms with Gasteiger partial charge in [-0.2, -0.15) is 0 Å². The number of hydrogen-bond donors (Lipinski definition) is 2. The number of carboxylic acids is 2. The first-order valence-electron chi connectivity index (χ1n) is 10.9. The molecule has 33 heavy (non-hydrogen) atoms. The van der Waals surface area contributed by atoms with Gasteiger partial charge >= 0.3 is 16.5 Å². The molecule has 0 aliphatic heterocycles. The van der Waals surface area contributed by atoms with Crippen molar-refractivity contribution in [2.24, 2.45) is 0 Å². The Morgan fingerprint density at radius 1 is 0.606 bits per heavy atom. The third-order valence-corrected chi connectivity index (χ3v) is 5.34. The van der Waals surface area contributed by atoms with E-state index in [0.29, 0.717) is 11.1 Å². The zero-order valence-corrected chi connectivity index (χ0v) is 21.5. The van der Waals surface area contributed by atoms with Crippen LogP contribution in [0.4, 0.5) is 0 Å². The molecule has 2 aromatic rings. The first-order valence-corrected chi connectivity index (χ1v) is 10.9. The summed E-state index contributed by atoms with van der Waals surface area (Å²) in [7, 11) is 0. The minimum atomic E-state index is -1.34. The van der Waals surface area contributed by atoms with Gasteiger partial charge in [-0.05, 0) is 46.9 Å². The van der Waals surface area contributed by atoms with Crippen molar-refractivity contribution in [1.82, 2.24) is 0 Å². The van der Waals surface area contributed by atoms with Crippen LogP contribution in [0.15, 0.2) is 24.3 Å². The fourth-order valence-electron chi connectivity index (χ4n) is 3.80. The topological polar surface area (TPSA) is 121 Å². The summed E-state index contributed by atoms with van der Waals surface area (Å²) in [5, 5.41) is 41.5. The molecule has 0 saturated carbocycles. The Labute approximate surface area is 206 Å². The number of carbonyl (C=O) groups excluding carboxylic acids is 2. The van der Waals surface area contributed by atoms with Gasteiger partial charge in [0.05, 0.1) is 11.9 Å². The summed E-state index contributed by atoms with van der Waals surface area (Å²) in [5.74, 6) is -2.32. The molecule has 0 atom stereocenters. The maximum atomic E-state index is 10.8. The number of aromatic carboxylic acids is 2. The summed E-state index contributed by atoms with van der Waals surface area (Å²) in [4.78, 5) is 21.6. The molecule has 2 aromatic carbocycles. The van der Waals surface area contributed by atoms with E-state index in [9.17, 15) is 30.0 Å². The zero-order valence-electron chi connectivity index (χ0n) is 20.5. The summed E-state index contributed by atoms with van der Waals surface area (Å²) in [6.45, 7) is 15.8. The van der Waals surface area contributed by atoms with E-state index >= 15 is 0 Å². The van der Waals surface area contributed by atoms with E-state index in [1.807, 2.05) is 55.4 Å². The van der Waals surface area contributed by atoms with Crippen LogP contribution in [-0.4, -0.2) is 22.2 Å². The molecule has 7 heteroatoms. The van der Waals surface area contributed by atoms with Gasteiger partial charge in [0.1, 0.15) is 11.5 Å². The van der Waals surface area contributed by atoms with E-state index in [2.05, 4.69) is 0 Å². The molecule has 0 aliphatic rings. The number of carboxylic acid groups (broad SMARTS) is 2.